The van der Waals surface area contributed by atoms with Gasteiger partial charge in [-0.1, -0.05) is 43.7 Å². The predicted molar refractivity (Wildman–Crippen MR) is 64.3 cm³/mol. The molecule has 3 nitrogen and oxygen atoms in total. The van der Waals surface area contributed by atoms with E-state index in [0.29, 0.717) is 21.9 Å². The molecule has 0 aliphatic heterocycles. The zero-order valence-electron chi connectivity index (χ0n) is 9.04. The minimum Gasteiger partial charge on any atom is -0.361 e. The standard InChI is InChI=1S/C10H14ClN3S/c1-6(2)7(3)5-13-10-14-9(11)8(4-12)15-10/h6-7H,5H2,1-3H3,(H,13,14). The summed E-state index contributed by atoms with van der Waals surface area (Å²) in [5, 5.41) is 12.9. The topological polar surface area (TPSA) is 48.7 Å². The number of nitriles is 1. The van der Waals surface area contributed by atoms with Crippen molar-refractivity contribution in [3.63, 3.8) is 0 Å². The monoisotopic (exact) mass is 243 g/mol. The quantitative estimate of drug-likeness (QED) is 0.882. The molecular weight excluding hydrogens is 230 g/mol. The number of halogens is 1. The molecule has 0 saturated heterocycles. The fourth-order valence-corrected chi connectivity index (χ4v) is 1.88. The molecule has 0 radical (unpaired) electrons. The van der Waals surface area contributed by atoms with Gasteiger partial charge in [-0.15, -0.1) is 0 Å². The van der Waals surface area contributed by atoms with E-state index in [9.17, 15) is 0 Å². The van der Waals surface area contributed by atoms with Crippen LogP contribution in [0.5, 0.6) is 0 Å². The van der Waals surface area contributed by atoms with Crippen molar-refractivity contribution in [1.82, 2.24) is 4.98 Å². The molecule has 1 aromatic heterocycles. The fourth-order valence-electron chi connectivity index (χ4n) is 0.930. The Bertz CT molecular complexity index is 367. The molecule has 0 saturated carbocycles. The van der Waals surface area contributed by atoms with Crippen LogP contribution >= 0.6 is 22.9 Å². The normalized spacial score (nSPS) is 12.5. The maximum absolute atomic E-state index is 8.71. The number of thiazole rings is 1. The van der Waals surface area contributed by atoms with Gasteiger partial charge in [0, 0.05) is 6.54 Å². The molecule has 1 atom stereocenters. The smallest absolute Gasteiger partial charge is 0.185 e. The van der Waals surface area contributed by atoms with Gasteiger partial charge in [0.1, 0.15) is 10.9 Å². The SMILES string of the molecule is CC(C)C(C)CNc1nc(Cl)c(C#N)s1. The van der Waals surface area contributed by atoms with Crippen molar-refractivity contribution in [1.29, 1.82) is 5.26 Å². The summed E-state index contributed by atoms with van der Waals surface area (Å²) in [6, 6.07) is 2.01. The van der Waals surface area contributed by atoms with Gasteiger partial charge in [0.2, 0.25) is 0 Å². The third kappa shape index (κ3) is 3.37. The molecule has 0 spiro atoms. The molecular formula is C10H14ClN3S. The molecule has 0 amide bonds. The number of nitrogens with zero attached hydrogens (tertiary/aromatic N) is 2. The summed E-state index contributed by atoms with van der Waals surface area (Å²) in [5.74, 6) is 1.20. The van der Waals surface area contributed by atoms with E-state index in [1.807, 2.05) is 6.07 Å². The lowest BCUT2D eigenvalue weighted by atomic mass is 9.98. The minimum atomic E-state index is 0.294. The maximum Gasteiger partial charge on any atom is 0.185 e. The second kappa shape index (κ2) is 5.34. The number of nitrogens with one attached hydrogen (secondary N) is 1. The van der Waals surface area contributed by atoms with Crippen LogP contribution in [-0.4, -0.2) is 11.5 Å². The van der Waals surface area contributed by atoms with Gasteiger partial charge in [0.15, 0.2) is 10.3 Å². The Morgan fingerprint density at radius 2 is 2.20 bits per heavy atom. The minimum absolute atomic E-state index is 0.294. The first-order valence-electron chi connectivity index (χ1n) is 4.85. The number of anilines is 1. The third-order valence-electron chi connectivity index (χ3n) is 2.40. The van der Waals surface area contributed by atoms with Gasteiger partial charge in [0.25, 0.3) is 0 Å². The van der Waals surface area contributed by atoms with Gasteiger partial charge in [-0.25, -0.2) is 4.98 Å². The third-order valence-corrected chi connectivity index (χ3v) is 3.70. The number of rotatable bonds is 4. The van der Waals surface area contributed by atoms with E-state index in [-0.39, 0.29) is 0 Å². The first kappa shape index (κ1) is 12.3. The lowest BCUT2D eigenvalue weighted by molar-refractivity contribution is 0.439. The van der Waals surface area contributed by atoms with E-state index in [2.05, 4.69) is 31.1 Å². The summed E-state index contributed by atoms with van der Waals surface area (Å²) in [5.41, 5.74) is 0. The zero-order valence-corrected chi connectivity index (χ0v) is 10.6. The van der Waals surface area contributed by atoms with Gasteiger partial charge in [-0.05, 0) is 11.8 Å². The Labute approximate surface area is 99.1 Å². The highest BCUT2D eigenvalue weighted by atomic mass is 35.5. The van der Waals surface area contributed by atoms with Crippen LogP contribution in [0.1, 0.15) is 25.6 Å². The molecule has 0 fully saturated rings. The van der Waals surface area contributed by atoms with E-state index in [4.69, 9.17) is 16.9 Å². The van der Waals surface area contributed by atoms with Crippen LogP contribution in [0, 0.1) is 23.2 Å². The molecule has 0 aromatic carbocycles. The Kier molecular flexibility index (Phi) is 4.37. The van der Waals surface area contributed by atoms with E-state index >= 15 is 0 Å². The molecule has 1 heterocycles. The van der Waals surface area contributed by atoms with Crippen LogP contribution < -0.4 is 5.32 Å². The average molecular weight is 244 g/mol. The van der Waals surface area contributed by atoms with Crippen molar-refractivity contribution >= 4 is 28.1 Å². The molecule has 1 rings (SSSR count). The summed E-state index contributed by atoms with van der Waals surface area (Å²) in [4.78, 5) is 4.53. The Morgan fingerprint density at radius 1 is 1.53 bits per heavy atom. The van der Waals surface area contributed by atoms with Crippen molar-refractivity contribution in [3.05, 3.63) is 10.0 Å². The van der Waals surface area contributed by atoms with Crippen molar-refractivity contribution < 1.29 is 0 Å². The summed E-state index contributed by atoms with van der Waals surface area (Å²) < 4.78 is 0. The first-order chi connectivity index (χ1) is 7.04. The molecule has 82 valence electrons. The van der Waals surface area contributed by atoms with Gasteiger partial charge >= 0.3 is 0 Å². The highest BCUT2D eigenvalue weighted by Gasteiger charge is 2.10. The van der Waals surface area contributed by atoms with Crippen molar-refractivity contribution in [2.45, 2.75) is 20.8 Å². The number of hydrogen-bond donors (Lipinski definition) is 1. The molecule has 15 heavy (non-hydrogen) atoms. The Balaban J connectivity index is 2.55. The van der Waals surface area contributed by atoms with Gasteiger partial charge < -0.3 is 5.32 Å². The number of hydrogen-bond acceptors (Lipinski definition) is 4. The van der Waals surface area contributed by atoms with Gasteiger partial charge in [-0.2, -0.15) is 5.26 Å². The predicted octanol–water partition coefficient (Wildman–Crippen LogP) is 3.37. The molecule has 1 unspecified atom stereocenters. The Morgan fingerprint density at radius 3 is 2.67 bits per heavy atom. The second-order valence-corrected chi connectivity index (χ2v) is 5.21. The van der Waals surface area contributed by atoms with Crippen molar-refractivity contribution in [2.75, 3.05) is 11.9 Å². The first-order valence-corrected chi connectivity index (χ1v) is 6.04. The summed E-state index contributed by atoms with van der Waals surface area (Å²) >= 11 is 7.06. The van der Waals surface area contributed by atoms with Gasteiger partial charge in [-0.3, -0.25) is 0 Å². The molecule has 5 heteroatoms. The van der Waals surface area contributed by atoms with Gasteiger partial charge in [0.05, 0.1) is 0 Å². The van der Waals surface area contributed by atoms with Crippen LogP contribution in [0.2, 0.25) is 5.15 Å². The van der Waals surface area contributed by atoms with Crippen molar-refractivity contribution in [2.24, 2.45) is 11.8 Å². The molecule has 0 aliphatic rings. The average Bonchev–Trinajstić information content (AvgIpc) is 2.55. The zero-order chi connectivity index (χ0) is 11.4. The lowest BCUT2D eigenvalue weighted by Gasteiger charge is -2.15. The van der Waals surface area contributed by atoms with E-state index < -0.39 is 0 Å². The molecule has 0 aliphatic carbocycles. The fraction of sp³-hybridized carbons (Fsp3) is 0.600. The summed E-state index contributed by atoms with van der Waals surface area (Å²) in [7, 11) is 0. The van der Waals surface area contributed by atoms with E-state index in [1.165, 1.54) is 11.3 Å². The molecule has 0 bridgehead atoms. The van der Waals surface area contributed by atoms with Crippen LogP contribution in [0.3, 0.4) is 0 Å². The molecule has 1 aromatic rings. The highest BCUT2D eigenvalue weighted by Crippen LogP contribution is 2.26. The Hall–Kier alpha value is -0.790. The summed E-state index contributed by atoms with van der Waals surface area (Å²) in [6.45, 7) is 7.40. The largest absolute Gasteiger partial charge is 0.361 e. The van der Waals surface area contributed by atoms with E-state index in [1.54, 1.807) is 0 Å². The highest BCUT2D eigenvalue weighted by molar-refractivity contribution is 7.16. The van der Waals surface area contributed by atoms with Crippen LogP contribution in [0.15, 0.2) is 0 Å². The van der Waals surface area contributed by atoms with Crippen LogP contribution in [0.25, 0.3) is 0 Å². The van der Waals surface area contributed by atoms with E-state index in [0.717, 1.165) is 11.7 Å². The maximum atomic E-state index is 8.71. The summed E-state index contributed by atoms with van der Waals surface area (Å²) in [6.07, 6.45) is 0. The second-order valence-electron chi connectivity index (χ2n) is 3.85. The lowest BCUT2D eigenvalue weighted by Crippen LogP contribution is -2.15. The van der Waals surface area contributed by atoms with Crippen molar-refractivity contribution in [3.8, 4) is 6.07 Å². The number of aromatic nitrogens is 1. The van der Waals surface area contributed by atoms with Crippen LogP contribution in [-0.2, 0) is 0 Å². The van der Waals surface area contributed by atoms with Crippen LogP contribution in [0.4, 0.5) is 5.13 Å². The molecule has 1 N–H and O–H groups in total.